The lowest BCUT2D eigenvalue weighted by Crippen LogP contribution is -2.39. The van der Waals surface area contributed by atoms with Crippen molar-refractivity contribution in [1.82, 2.24) is 0 Å². The number of fused-ring (bicyclic) bond motifs is 1. The molecule has 1 amide bonds. The van der Waals surface area contributed by atoms with Crippen molar-refractivity contribution in [3.63, 3.8) is 0 Å². The number of rotatable bonds is 8. The Morgan fingerprint density at radius 1 is 1.25 bits per heavy atom. The van der Waals surface area contributed by atoms with Crippen molar-refractivity contribution in [1.29, 1.82) is 0 Å². The van der Waals surface area contributed by atoms with Gasteiger partial charge in [0.2, 0.25) is 0 Å². The van der Waals surface area contributed by atoms with E-state index in [0.717, 1.165) is 29.7 Å². The summed E-state index contributed by atoms with van der Waals surface area (Å²) in [7, 11) is 0. The van der Waals surface area contributed by atoms with Crippen LogP contribution in [0, 0.1) is 17.3 Å². The third kappa shape index (κ3) is 5.88. The Hall–Kier alpha value is -2.42. The molecule has 0 bridgehead atoms. The highest BCUT2D eigenvalue weighted by Crippen LogP contribution is 2.37. The fourth-order valence-electron chi connectivity index (χ4n) is 4.83. The normalized spacial score (nSPS) is 20.7. The molecule has 1 aromatic rings. The molecular formula is C29H40N2O. The topological polar surface area (TPSA) is 32.7 Å². The largest absolute Gasteiger partial charge is 0.299 e. The quantitative estimate of drug-likeness (QED) is 0.402. The van der Waals surface area contributed by atoms with Gasteiger partial charge in [-0.25, -0.2) is 0 Å². The number of nitrogens with zero attached hydrogens (tertiary/aromatic N) is 2. The Kier molecular flexibility index (Phi) is 7.59. The Balaban J connectivity index is 1.81. The third-order valence-electron chi connectivity index (χ3n) is 6.17. The SMILES string of the molecule is C=C(C)CC/N=C1/C(=O)N(C2C=CC(C(CC(C)C)CC(C)(C)C)=CC2)c2ccccc21. The molecule has 3 nitrogen and oxygen atoms in total. The predicted octanol–water partition coefficient (Wildman–Crippen LogP) is 7.14. The van der Waals surface area contributed by atoms with Crippen molar-refractivity contribution >= 4 is 17.3 Å². The van der Waals surface area contributed by atoms with Crippen LogP contribution in [0.2, 0.25) is 0 Å². The van der Waals surface area contributed by atoms with Gasteiger partial charge in [-0.05, 0) is 61.5 Å². The number of carbonyl (C=O) groups excluding carboxylic acids is 1. The number of hydrogen-bond donors (Lipinski definition) is 0. The first-order valence-electron chi connectivity index (χ1n) is 12.1. The number of carbonyl (C=O) groups is 1. The van der Waals surface area contributed by atoms with Gasteiger partial charge in [0.05, 0.1) is 11.7 Å². The van der Waals surface area contributed by atoms with E-state index >= 15 is 0 Å². The number of allylic oxidation sites excluding steroid dienone is 2. The summed E-state index contributed by atoms with van der Waals surface area (Å²) in [4.78, 5) is 20.0. The van der Waals surface area contributed by atoms with Gasteiger partial charge in [-0.15, -0.1) is 6.58 Å². The van der Waals surface area contributed by atoms with Crippen LogP contribution in [0.25, 0.3) is 0 Å². The molecule has 0 fully saturated rings. The van der Waals surface area contributed by atoms with Crippen LogP contribution in [0.3, 0.4) is 0 Å². The van der Waals surface area contributed by atoms with Crippen LogP contribution in [0.15, 0.2) is 65.2 Å². The van der Waals surface area contributed by atoms with Gasteiger partial charge in [0.15, 0.2) is 0 Å². The molecule has 1 aromatic carbocycles. The molecule has 2 unspecified atom stereocenters. The molecule has 0 radical (unpaired) electrons. The van der Waals surface area contributed by atoms with E-state index in [1.807, 2.05) is 36.1 Å². The summed E-state index contributed by atoms with van der Waals surface area (Å²) in [6.45, 7) is 18.1. The van der Waals surface area contributed by atoms with Crippen molar-refractivity contribution in [3.8, 4) is 0 Å². The average Bonchev–Trinajstić information content (AvgIpc) is 2.98. The highest BCUT2D eigenvalue weighted by molar-refractivity contribution is 6.54. The lowest BCUT2D eigenvalue weighted by molar-refractivity contribution is -0.112. The molecule has 2 aliphatic rings. The van der Waals surface area contributed by atoms with Crippen LogP contribution >= 0.6 is 0 Å². The summed E-state index contributed by atoms with van der Waals surface area (Å²) in [5, 5.41) is 0. The van der Waals surface area contributed by atoms with E-state index in [2.05, 4.69) is 64.4 Å². The first-order chi connectivity index (χ1) is 15.1. The number of benzene rings is 1. The second kappa shape index (κ2) is 10.0. The summed E-state index contributed by atoms with van der Waals surface area (Å²) in [5.74, 6) is 1.25. The van der Waals surface area contributed by atoms with Crippen LogP contribution in [0.4, 0.5) is 5.69 Å². The zero-order valence-corrected chi connectivity index (χ0v) is 20.8. The molecule has 32 heavy (non-hydrogen) atoms. The molecule has 0 N–H and O–H groups in total. The maximum absolute atomic E-state index is 13.4. The minimum Gasteiger partial charge on any atom is -0.299 e. The molecule has 1 aliphatic carbocycles. The molecule has 3 rings (SSSR count). The van der Waals surface area contributed by atoms with E-state index in [1.54, 1.807) is 0 Å². The van der Waals surface area contributed by atoms with Crippen molar-refractivity contribution in [2.24, 2.45) is 22.2 Å². The van der Waals surface area contributed by atoms with Crippen molar-refractivity contribution in [2.75, 3.05) is 11.4 Å². The number of aliphatic imine (C=N–C) groups is 1. The minimum absolute atomic E-state index is 0.0211. The summed E-state index contributed by atoms with van der Waals surface area (Å²) in [6.07, 6.45) is 10.9. The van der Waals surface area contributed by atoms with Crippen LogP contribution in [0.1, 0.15) is 72.8 Å². The van der Waals surface area contributed by atoms with Gasteiger partial charge in [0.25, 0.3) is 5.91 Å². The van der Waals surface area contributed by atoms with E-state index in [0.29, 0.717) is 29.5 Å². The lowest BCUT2D eigenvalue weighted by Gasteiger charge is -2.32. The number of para-hydroxylation sites is 1. The molecule has 2 atom stereocenters. The Bertz CT molecular complexity index is 942. The zero-order valence-electron chi connectivity index (χ0n) is 20.8. The van der Waals surface area contributed by atoms with E-state index in [1.165, 1.54) is 18.4 Å². The summed E-state index contributed by atoms with van der Waals surface area (Å²) in [6, 6.07) is 8.09. The summed E-state index contributed by atoms with van der Waals surface area (Å²) in [5.41, 5.74) is 5.34. The molecule has 3 heteroatoms. The molecule has 0 saturated heterocycles. The Morgan fingerprint density at radius 2 is 1.97 bits per heavy atom. The van der Waals surface area contributed by atoms with Gasteiger partial charge >= 0.3 is 0 Å². The van der Waals surface area contributed by atoms with Gasteiger partial charge in [0.1, 0.15) is 5.71 Å². The van der Waals surface area contributed by atoms with Crippen LogP contribution in [-0.2, 0) is 4.79 Å². The monoisotopic (exact) mass is 432 g/mol. The zero-order chi connectivity index (χ0) is 23.5. The second-order valence-electron chi connectivity index (χ2n) is 11.1. The highest BCUT2D eigenvalue weighted by Gasteiger charge is 2.37. The van der Waals surface area contributed by atoms with E-state index in [-0.39, 0.29) is 11.9 Å². The smallest absolute Gasteiger partial charge is 0.277 e. The molecular weight excluding hydrogens is 392 g/mol. The molecule has 0 spiro atoms. The molecule has 1 heterocycles. The lowest BCUT2D eigenvalue weighted by atomic mass is 9.76. The predicted molar refractivity (Wildman–Crippen MR) is 137 cm³/mol. The van der Waals surface area contributed by atoms with E-state index in [4.69, 9.17) is 0 Å². The standard InChI is InChI=1S/C29H40N2O/c1-20(2)16-17-30-27-25-10-8-9-11-26(25)31(28(27)32)24-14-12-22(13-15-24)23(18-21(3)4)19-29(5,6)7/h8-14,21,23-24H,1,15-19H2,2-7H3/b30-27+. The fraction of sp³-hybridized carbons (Fsp3) is 0.517. The van der Waals surface area contributed by atoms with Crippen LogP contribution in [-0.4, -0.2) is 24.2 Å². The fourth-order valence-corrected chi connectivity index (χ4v) is 4.83. The molecule has 1 aliphatic heterocycles. The van der Waals surface area contributed by atoms with Gasteiger partial charge in [-0.1, -0.05) is 76.6 Å². The highest BCUT2D eigenvalue weighted by atomic mass is 16.2. The van der Waals surface area contributed by atoms with Crippen LogP contribution < -0.4 is 4.90 Å². The van der Waals surface area contributed by atoms with Crippen molar-refractivity contribution < 1.29 is 4.79 Å². The van der Waals surface area contributed by atoms with E-state index < -0.39 is 0 Å². The van der Waals surface area contributed by atoms with Crippen molar-refractivity contribution in [3.05, 3.63) is 65.8 Å². The van der Waals surface area contributed by atoms with Gasteiger partial charge < -0.3 is 0 Å². The van der Waals surface area contributed by atoms with Gasteiger partial charge in [-0.3, -0.25) is 14.7 Å². The van der Waals surface area contributed by atoms with Gasteiger partial charge in [0, 0.05) is 12.1 Å². The Labute approximate surface area is 195 Å². The van der Waals surface area contributed by atoms with Crippen LogP contribution in [0.5, 0.6) is 0 Å². The average molecular weight is 433 g/mol. The minimum atomic E-state index is 0.0211. The maximum atomic E-state index is 13.4. The third-order valence-corrected chi connectivity index (χ3v) is 6.17. The number of hydrogen-bond acceptors (Lipinski definition) is 2. The van der Waals surface area contributed by atoms with E-state index in [9.17, 15) is 4.79 Å². The van der Waals surface area contributed by atoms with Crippen molar-refractivity contribution in [2.45, 2.75) is 73.3 Å². The number of anilines is 1. The maximum Gasteiger partial charge on any atom is 0.277 e. The molecule has 0 saturated carbocycles. The first-order valence-corrected chi connectivity index (χ1v) is 12.1. The Morgan fingerprint density at radius 3 is 2.56 bits per heavy atom. The molecule has 172 valence electrons. The number of amides is 1. The first kappa shape index (κ1) is 24.2. The second-order valence-corrected chi connectivity index (χ2v) is 11.1. The molecule has 0 aromatic heterocycles. The summed E-state index contributed by atoms with van der Waals surface area (Å²) >= 11 is 0. The van der Waals surface area contributed by atoms with Gasteiger partial charge in [-0.2, -0.15) is 0 Å². The summed E-state index contributed by atoms with van der Waals surface area (Å²) < 4.78 is 0.